The maximum absolute atomic E-state index is 15.2. The van der Waals surface area contributed by atoms with Gasteiger partial charge >= 0.3 is 0 Å². The summed E-state index contributed by atoms with van der Waals surface area (Å²) in [5.74, 6) is 1.60. The number of nitrogens with zero attached hydrogens (tertiary/aromatic N) is 4. The number of halogens is 1. The maximum Gasteiger partial charge on any atom is 0.278 e. The fourth-order valence-corrected chi connectivity index (χ4v) is 4.02. The molecule has 0 spiro atoms. The summed E-state index contributed by atoms with van der Waals surface area (Å²) in [5.41, 5.74) is 2.78. The second-order valence-corrected chi connectivity index (χ2v) is 8.25. The van der Waals surface area contributed by atoms with E-state index >= 15 is 4.39 Å². The van der Waals surface area contributed by atoms with E-state index in [1.54, 1.807) is 19.2 Å². The summed E-state index contributed by atoms with van der Waals surface area (Å²) >= 11 is 0. The van der Waals surface area contributed by atoms with Gasteiger partial charge in [-0.05, 0) is 36.2 Å². The number of ether oxygens (including phenoxy) is 2. The van der Waals surface area contributed by atoms with E-state index in [0.29, 0.717) is 55.6 Å². The lowest BCUT2D eigenvalue weighted by atomic mass is 9.88. The van der Waals surface area contributed by atoms with Crippen LogP contribution in [0.1, 0.15) is 29.7 Å². The molecule has 0 atom stereocenters. The highest BCUT2D eigenvalue weighted by Crippen LogP contribution is 2.37. The summed E-state index contributed by atoms with van der Waals surface area (Å²) in [4.78, 5) is 4.51. The third-order valence-electron chi connectivity index (χ3n) is 6.06. The largest absolute Gasteiger partial charge is 0.497 e. The molecule has 0 unspecified atom stereocenters. The molecule has 1 aliphatic heterocycles. The SMILES string of the molecule is COc1ccc(Cn2nc(-c3nc(-c4ccc(C5(F)CCOCC5)cc4)no3)cc2C)cc1. The Morgan fingerprint density at radius 3 is 2.48 bits per heavy atom. The summed E-state index contributed by atoms with van der Waals surface area (Å²) in [7, 11) is 1.65. The summed E-state index contributed by atoms with van der Waals surface area (Å²) in [5, 5.41) is 8.74. The maximum atomic E-state index is 15.2. The molecule has 0 radical (unpaired) electrons. The van der Waals surface area contributed by atoms with Crippen molar-refractivity contribution in [3.8, 4) is 28.7 Å². The van der Waals surface area contributed by atoms with Gasteiger partial charge in [0.2, 0.25) is 5.82 Å². The van der Waals surface area contributed by atoms with Crippen LogP contribution < -0.4 is 4.74 Å². The second kappa shape index (κ2) is 8.78. The van der Waals surface area contributed by atoms with Crippen LogP contribution in [-0.4, -0.2) is 40.2 Å². The van der Waals surface area contributed by atoms with Crippen molar-refractivity contribution in [1.29, 1.82) is 0 Å². The Balaban J connectivity index is 1.33. The molecule has 170 valence electrons. The van der Waals surface area contributed by atoms with Gasteiger partial charge in [0.15, 0.2) is 5.69 Å². The van der Waals surface area contributed by atoms with Gasteiger partial charge in [-0.25, -0.2) is 4.39 Å². The van der Waals surface area contributed by atoms with Crippen molar-refractivity contribution in [3.63, 3.8) is 0 Å². The van der Waals surface area contributed by atoms with Crippen molar-refractivity contribution in [1.82, 2.24) is 19.9 Å². The predicted octanol–water partition coefficient (Wildman–Crippen LogP) is 4.94. The molecule has 0 amide bonds. The van der Waals surface area contributed by atoms with E-state index in [0.717, 1.165) is 22.6 Å². The highest BCUT2D eigenvalue weighted by atomic mass is 19.1. The highest BCUT2D eigenvalue weighted by Gasteiger charge is 2.34. The fourth-order valence-electron chi connectivity index (χ4n) is 4.02. The first-order valence-electron chi connectivity index (χ1n) is 10.9. The third kappa shape index (κ3) is 4.39. The van der Waals surface area contributed by atoms with Crippen molar-refractivity contribution in [3.05, 3.63) is 71.4 Å². The van der Waals surface area contributed by atoms with E-state index in [4.69, 9.17) is 14.0 Å². The summed E-state index contributed by atoms with van der Waals surface area (Å²) in [6.07, 6.45) is 0.745. The van der Waals surface area contributed by atoms with Gasteiger partial charge in [0.05, 0.1) is 13.7 Å². The quantitative estimate of drug-likeness (QED) is 0.416. The smallest absolute Gasteiger partial charge is 0.278 e. The Morgan fingerprint density at radius 1 is 1.06 bits per heavy atom. The molecule has 8 heteroatoms. The van der Waals surface area contributed by atoms with Crippen LogP contribution in [0.3, 0.4) is 0 Å². The molecule has 33 heavy (non-hydrogen) atoms. The van der Waals surface area contributed by atoms with Crippen LogP contribution in [0.2, 0.25) is 0 Å². The topological polar surface area (TPSA) is 75.2 Å². The summed E-state index contributed by atoms with van der Waals surface area (Å²) in [6.45, 7) is 3.49. The molecule has 4 aromatic rings. The zero-order valence-electron chi connectivity index (χ0n) is 18.6. The van der Waals surface area contributed by atoms with E-state index in [2.05, 4.69) is 15.2 Å². The monoisotopic (exact) mass is 448 g/mol. The van der Waals surface area contributed by atoms with Gasteiger partial charge in [-0.2, -0.15) is 10.1 Å². The lowest BCUT2D eigenvalue weighted by molar-refractivity contribution is -0.0114. The highest BCUT2D eigenvalue weighted by molar-refractivity contribution is 5.58. The van der Waals surface area contributed by atoms with Crippen LogP contribution in [0.15, 0.2) is 59.1 Å². The van der Waals surface area contributed by atoms with Gasteiger partial charge < -0.3 is 14.0 Å². The van der Waals surface area contributed by atoms with E-state index < -0.39 is 5.67 Å². The van der Waals surface area contributed by atoms with Crippen LogP contribution >= 0.6 is 0 Å². The van der Waals surface area contributed by atoms with Crippen molar-refractivity contribution >= 4 is 0 Å². The van der Waals surface area contributed by atoms with Gasteiger partial charge in [-0.3, -0.25) is 4.68 Å². The molecular formula is C25H25FN4O3. The van der Waals surface area contributed by atoms with Gasteiger partial charge in [-0.1, -0.05) is 41.6 Å². The number of aromatic nitrogens is 4. The molecule has 0 bridgehead atoms. The zero-order chi connectivity index (χ0) is 22.8. The lowest BCUT2D eigenvalue weighted by Gasteiger charge is -2.29. The Bertz CT molecular complexity index is 1230. The Morgan fingerprint density at radius 2 is 1.79 bits per heavy atom. The number of benzene rings is 2. The van der Waals surface area contributed by atoms with Crippen LogP contribution in [0.4, 0.5) is 4.39 Å². The molecule has 0 saturated carbocycles. The van der Waals surface area contributed by atoms with Crippen LogP contribution in [0.25, 0.3) is 23.0 Å². The Hall–Kier alpha value is -3.52. The minimum atomic E-state index is -1.34. The van der Waals surface area contributed by atoms with Gasteiger partial charge in [0.1, 0.15) is 11.4 Å². The average molecular weight is 448 g/mol. The molecule has 2 aromatic heterocycles. The van der Waals surface area contributed by atoms with E-state index in [9.17, 15) is 0 Å². The van der Waals surface area contributed by atoms with Gasteiger partial charge in [0, 0.05) is 37.3 Å². The van der Waals surface area contributed by atoms with Crippen LogP contribution in [0.5, 0.6) is 5.75 Å². The molecule has 0 aliphatic carbocycles. The molecular weight excluding hydrogens is 423 g/mol. The molecule has 0 N–H and O–H groups in total. The zero-order valence-corrected chi connectivity index (χ0v) is 18.6. The predicted molar refractivity (Wildman–Crippen MR) is 121 cm³/mol. The van der Waals surface area contributed by atoms with Crippen LogP contribution in [-0.2, 0) is 17.0 Å². The van der Waals surface area contributed by atoms with Crippen molar-refractivity contribution in [2.24, 2.45) is 0 Å². The van der Waals surface area contributed by atoms with Crippen LogP contribution in [0, 0.1) is 6.92 Å². The molecule has 1 saturated heterocycles. The number of methoxy groups -OCH3 is 1. The van der Waals surface area contributed by atoms with E-state index in [1.165, 1.54) is 0 Å². The number of rotatable bonds is 6. The molecule has 3 heterocycles. The third-order valence-corrected chi connectivity index (χ3v) is 6.06. The molecule has 5 rings (SSSR count). The number of alkyl halides is 1. The summed E-state index contributed by atoms with van der Waals surface area (Å²) in [6, 6.07) is 17.0. The van der Waals surface area contributed by atoms with E-state index in [-0.39, 0.29) is 0 Å². The minimum Gasteiger partial charge on any atom is -0.497 e. The van der Waals surface area contributed by atoms with Crippen molar-refractivity contribution in [2.75, 3.05) is 20.3 Å². The van der Waals surface area contributed by atoms with Crippen molar-refractivity contribution in [2.45, 2.75) is 32.0 Å². The number of aryl methyl sites for hydroxylation is 1. The fraction of sp³-hybridized carbons (Fsp3) is 0.320. The van der Waals surface area contributed by atoms with Gasteiger partial charge in [-0.15, -0.1) is 0 Å². The Kier molecular flexibility index (Phi) is 5.68. The summed E-state index contributed by atoms with van der Waals surface area (Å²) < 4.78 is 33.0. The normalized spacial score (nSPS) is 15.5. The molecule has 7 nitrogen and oxygen atoms in total. The van der Waals surface area contributed by atoms with Gasteiger partial charge in [0.25, 0.3) is 5.89 Å². The lowest BCUT2D eigenvalue weighted by Crippen LogP contribution is -2.29. The molecule has 1 aliphatic rings. The first-order valence-corrected chi connectivity index (χ1v) is 10.9. The minimum absolute atomic E-state index is 0.344. The second-order valence-electron chi connectivity index (χ2n) is 8.25. The average Bonchev–Trinajstić information content (AvgIpc) is 3.47. The number of hydrogen-bond donors (Lipinski definition) is 0. The number of hydrogen-bond acceptors (Lipinski definition) is 6. The first kappa shape index (κ1) is 21.3. The van der Waals surface area contributed by atoms with E-state index in [1.807, 2.05) is 54.1 Å². The van der Waals surface area contributed by atoms with Crippen molar-refractivity contribution < 1.29 is 18.4 Å². The molecule has 2 aromatic carbocycles. The Labute approximate surface area is 191 Å². The first-order chi connectivity index (χ1) is 16.0. The molecule has 1 fully saturated rings. The standard InChI is InChI=1S/C25H25FN4O3/c1-17-15-22(28-30(17)16-18-3-9-21(31-2)10-4-18)24-27-23(29-33-24)19-5-7-20(8-6-19)25(26)11-13-32-14-12-25/h3-10,15H,11-14,16H2,1-2H3.